The molecule has 0 bridgehead atoms. The molecule has 0 aliphatic carbocycles. The summed E-state index contributed by atoms with van der Waals surface area (Å²) in [5, 5.41) is 0.562. The van der Waals surface area contributed by atoms with E-state index in [0.29, 0.717) is 10.9 Å². The molecule has 0 aliphatic rings. The fourth-order valence-electron chi connectivity index (χ4n) is 4.68. The largest absolute Gasteiger partial charge is 0.541 e. The number of esters is 2. The second-order valence-corrected chi connectivity index (χ2v) is 13.8. The van der Waals surface area contributed by atoms with E-state index in [4.69, 9.17) is 18.6 Å². The van der Waals surface area contributed by atoms with Gasteiger partial charge in [0.25, 0.3) is 8.32 Å². The second-order valence-electron chi connectivity index (χ2n) is 8.41. The fourth-order valence-corrected chi connectivity index (χ4v) is 9.94. The Bertz CT molecular complexity index is 948. The van der Waals surface area contributed by atoms with Crippen molar-refractivity contribution in [3.63, 3.8) is 0 Å². The molecule has 0 saturated heterocycles. The third-order valence-corrected chi connectivity index (χ3v) is 11.9. The Morgan fingerprint density at radius 2 is 1.32 bits per heavy atom. The van der Waals surface area contributed by atoms with Gasteiger partial charge >= 0.3 is 11.9 Å². The van der Waals surface area contributed by atoms with E-state index in [0.717, 1.165) is 0 Å². The Balaban J connectivity index is 3.09. The van der Waals surface area contributed by atoms with Gasteiger partial charge in [-0.1, -0.05) is 41.5 Å². The number of ether oxygens (including phenoxy) is 3. The van der Waals surface area contributed by atoms with E-state index in [1.165, 1.54) is 21.3 Å². The van der Waals surface area contributed by atoms with E-state index in [-0.39, 0.29) is 39.2 Å². The molecule has 1 aromatic carbocycles. The van der Waals surface area contributed by atoms with Crippen LogP contribution in [0.4, 0.5) is 0 Å². The van der Waals surface area contributed by atoms with Crippen LogP contribution >= 0.6 is 0 Å². The zero-order valence-corrected chi connectivity index (χ0v) is 20.9. The van der Waals surface area contributed by atoms with E-state index in [1.54, 1.807) is 18.3 Å². The van der Waals surface area contributed by atoms with Gasteiger partial charge in [0.1, 0.15) is 28.1 Å². The normalized spacial score (nSPS) is 11.9. The number of hydrogen-bond donors (Lipinski definition) is 0. The molecule has 1 heterocycles. The van der Waals surface area contributed by atoms with Crippen LogP contribution in [-0.2, 0) is 9.47 Å². The van der Waals surface area contributed by atoms with Crippen LogP contribution in [0, 0.1) is 0 Å². The number of aromatic nitrogens is 1. The molecule has 0 fully saturated rings. The van der Waals surface area contributed by atoms with Gasteiger partial charge in [-0.15, -0.1) is 0 Å². The van der Waals surface area contributed by atoms with Crippen LogP contribution in [0.5, 0.6) is 11.5 Å². The zero-order chi connectivity index (χ0) is 23.5. The van der Waals surface area contributed by atoms with E-state index >= 15 is 0 Å². The Morgan fingerprint density at radius 3 is 1.74 bits per heavy atom. The van der Waals surface area contributed by atoms with Crippen molar-refractivity contribution in [2.24, 2.45) is 0 Å². The van der Waals surface area contributed by atoms with E-state index < -0.39 is 20.3 Å². The van der Waals surface area contributed by atoms with Crippen molar-refractivity contribution in [1.82, 2.24) is 4.98 Å². The first-order chi connectivity index (χ1) is 14.6. The van der Waals surface area contributed by atoms with Gasteiger partial charge in [-0.05, 0) is 28.8 Å². The molecule has 0 amide bonds. The minimum Gasteiger partial charge on any atom is -0.541 e. The maximum Gasteiger partial charge on any atom is 0.342 e. The highest BCUT2D eigenvalue weighted by Crippen LogP contribution is 2.47. The van der Waals surface area contributed by atoms with Gasteiger partial charge < -0.3 is 18.6 Å². The Morgan fingerprint density at radius 1 is 0.839 bits per heavy atom. The van der Waals surface area contributed by atoms with Crippen LogP contribution in [0.25, 0.3) is 10.9 Å². The van der Waals surface area contributed by atoms with Crippen molar-refractivity contribution in [3.8, 4) is 11.5 Å². The number of pyridine rings is 1. The first-order valence-electron chi connectivity index (χ1n) is 10.4. The number of benzene rings is 1. The highest BCUT2D eigenvalue weighted by Gasteiger charge is 2.48. The molecule has 0 aliphatic heterocycles. The molecule has 1 aromatic heterocycles. The summed E-state index contributed by atoms with van der Waals surface area (Å²) in [6, 6.07) is 3.52. The summed E-state index contributed by atoms with van der Waals surface area (Å²) in [5.41, 5.74) is 1.12. The number of carbonyl (C=O) groups is 2. The lowest BCUT2D eigenvalue weighted by Crippen LogP contribution is -2.51. The van der Waals surface area contributed by atoms with Crippen molar-refractivity contribution in [2.75, 3.05) is 21.3 Å². The zero-order valence-electron chi connectivity index (χ0n) is 19.9. The molecule has 0 spiro atoms. The van der Waals surface area contributed by atoms with Crippen LogP contribution in [0.3, 0.4) is 0 Å². The van der Waals surface area contributed by atoms with Crippen LogP contribution in [0.2, 0.25) is 16.6 Å². The molecule has 8 heteroatoms. The number of hydrogen-bond acceptors (Lipinski definition) is 7. The van der Waals surface area contributed by atoms with Crippen molar-refractivity contribution in [3.05, 3.63) is 29.5 Å². The topological polar surface area (TPSA) is 84.0 Å². The Kier molecular flexibility index (Phi) is 7.70. The third kappa shape index (κ3) is 4.13. The number of fused-ring (bicyclic) bond motifs is 1. The summed E-state index contributed by atoms with van der Waals surface area (Å²) in [5.74, 6) is -0.959. The van der Waals surface area contributed by atoms with Gasteiger partial charge in [-0.2, -0.15) is 0 Å². The molecule has 0 unspecified atom stereocenters. The lowest BCUT2D eigenvalue weighted by molar-refractivity contribution is 0.0550. The first kappa shape index (κ1) is 24.7. The molecule has 2 aromatic rings. The summed E-state index contributed by atoms with van der Waals surface area (Å²) in [7, 11) is 1.44. The summed E-state index contributed by atoms with van der Waals surface area (Å²) in [6.07, 6.45) is 1.62. The van der Waals surface area contributed by atoms with Crippen LogP contribution in [0.1, 0.15) is 62.3 Å². The van der Waals surface area contributed by atoms with Crippen molar-refractivity contribution >= 4 is 31.2 Å². The lowest BCUT2D eigenvalue weighted by Gasteiger charge is -2.42. The minimum absolute atomic E-state index is 0.0174. The van der Waals surface area contributed by atoms with Crippen LogP contribution < -0.4 is 9.16 Å². The van der Waals surface area contributed by atoms with Crippen molar-refractivity contribution < 1.29 is 28.2 Å². The average Bonchev–Trinajstić information content (AvgIpc) is 2.74. The third-order valence-electron chi connectivity index (χ3n) is 5.94. The average molecular weight is 448 g/mol. The SMILES string of the molecule is COC(=O)c1c(C(=O)OC)c(O[Si](C(C)C)(C(C)C)C(C)C)c2ncccc2c1OC. The molecule has 0 radical (unpaired) electrons. The Labute approximate surface area is 185 Å². The summed E-state index contributed by atoms with van der Waals surface area (Å²) >= 11 is 0. The lowest BCUT2D eigenvalue weighted by atomic mass is 10.0. The molecule has 0 atom stereocenters. The van der Waals surface area contributed by atoms with Gasteiger partial charge in [0.15, 0.2) is 0 Å². The minimum atomic E-state index is -2.51. The highest BCUT2D eigenvalue weighted by molar-refractivity contribution is 6.78. The van der Waals surface area contributed by atoms with Gasteiger partial charge in [-0.3, -0.25) is 4.98 Å². The molecule has 0 saturated carbocycles. The quantitative estimate of drug-likeness (QED) is 0.397. The predicted molar refractivity (Wildman–Crippen MR) is 123 cm³/mol. The van der Waals surface area contributed by atoms with Crippen LogP contribution in [0.15, 0.2) is 18.3 Å². The Hall–Kier alpha value is -2.61. The van der Waals surface area contributed by atoms with E-state index in [2.05, 4.69) is 46.5 Å². The summed E-state index contributed by atoms with van der Waals surface area (Å²) in [4.78, 5) is 30.3. The number of methoxy groups -OCH3 is 3. The second kappa shape index (κ2) is 9.68. The number of nitrogens with zero attached hydrogens (tertiary/aromatic N) is 1. The van der Waals surface area contributed by atoms with Crippen LogP contribution in [-0.4, -0.2) is 46.6 Å². The van der Waals surface area contributed by atoms with Gasteiger partial charge in [0.2, 0.25) is 0 Å². The predicted octanol–water partition coefficient (Wildman–Crippen LogP) is 5.37. The van der Waals surface area contributed by atoms with E-state index in [1.807, 2.05) is 0 Å². The van der Waals surface area contributed by atoms with Crippen molar-refractivity contribution in [1.29, 1.82) is 0 Å². The van der Waals surface area contributed by atoms with Crippen molar-refractivity contribution in [2.45, 2.75) is 58.2 Å². The summed E-state index contributed by atoms with van der Waals surface area (Å²) < 4.78 is 22.5. The highest BCUT2D eigenvalue weighted by atomic mass is 28.4. The molecular weight excluding hydrogens is 414 g/mol. The van der Waals surface area contributed by atoms with Gasteiger partial charge in [-0.25, -0.2) is 9.59 Å². The molecule has 170 valence electrons. The fraction of sp³-hybridized carbons (Fsp3) is 0.522. The molecule has 31 heavy (non-hydrogen) atoms. The maximum absolute atomic E-state index is 13.0. The smallest absolute Gasteiger partial charge is 0.342 e. The number of carbonyl (C=O) groups excluding carboxylic acids is 2. The maximum atomic E-state index is 13.0. The summed E-state index contributed by atoms with van der Waals surface area (Å²) in [6.45, 7) is 12.9. The molecule has 2 rings (SSSR count). The van der Waals surface area contributed by atoms with E-state index in [9.17, 15) is 9.59 Å². The molecule has 7 nitrogen and oxygen atoms in total. The number of rotatable bonds is 8. The standard InChI is InChI=1S/C23H33NO6Si/c1-13(2)31(14(3)4,15(5)6)30-21-18(23(26)29-9)17(22(25)28-8)20(27-7)16-11-10-12-24-19(16)21/h10-15H,1-9H3. The molecule has 0 N–H and O–H groups in total. The monoisotopic (exact) mass is 447 g/mol. The van der Waals surface area contributed by atoms with Gasteiger partial charge in [0, 0.05) is 11.6 Å². The first-order valence-corrected chi connectivity index (χ1v) is 12.6. The van der Waals surface area contributed by atoms with Gasteiger partial charge in [0.05, 0.1) is 21.3 Å². The molecular formula is C23H33NO6Si.